The van der Waals surface area contributed by atoms with Crippen LogP contribution in [0.25, 0.3) is 99.2 Å². The van der Waals surface area contributed by atoms with Crippen LogP contribution < -0.4 is 9.80 Å². The Morgan fingerprint density at radius 2 is 0.545 bits per heavy atom. The Morgan fingerprint density at radius 3 is 0.961 bits per heavy atom. The molecular weight excluding hydrogens is 937 g/mol. The highest BCUT2D eigenvalue weighted by Gasteiger charge is 2.20. The molecule has 0 aliphatic heterocycles. The van der Waals surface area contributed by atoms with E-state index in [0.29, 0.717) is 0 Å². The van der Waals surface area contributed by atoms with Crippen LogP contribution in [0.4, 0.5) is 34.1 Å². The number of rotatable bonds is 10. The van der Waals surface area contributed by atoms with E-state index in [1.807, 2.05) is 0 Å². The van der Waals surface area contributed by atoms with Gasteiger partial charge in [-0.3, -0.25) is 0 Å². The van der Waals surface area contributed by atoms with Crippen LogP contribution in [0.15, 0.2) is 296 Å². The van der Waals surface area contributed by atoms with E-state index >= 15 is 0 Å². The number of furan rings is 1. The Labute approximate surface area is 445 Å². The van der Waals surface area contributed by atoms with Crippen molar-refractivity contribution in [3.05, 3.63) is 291 Å². The molecule has 0 radical (unpaired) electrons. The summed E-state index contributed by atoms with van der Waals surface area (Å²) in [6, 6.07) is 105. The van der Waals surface area contributed by atoms with Gasteiger partial charge in [0.1, 0.15) is 11.2 Å². The van der Waals surface area contributed by atoms with E-state index in [0.717, 1.165) is 89.7 Å². The van der Waals surface area contributed by atoms with Gasteiger partial charge in [0.05, 0.1) is 22.1 Å². The van der Waals surface area contributed by atoms with Gasteiger partial charge in [-0.05, 0) is 168 Å². The van der Waals surface area contributed by atoms with E-state index in [-0.39, 0.29) is 0 Å². The SMILES string of the molecule is c1ccc(N(c2ccc(-c3ccc4oc5ccc(-c6ccc(N(c7ccccc7)c7ccc8c(c7)c7ccccc7n8-c7ccccc7)cc6)cc5c4c3)cc2)c2ccc3c(c2)c2ccccc2n3-c2ccccc2)cc1. The first-order valence-corrected chi connectivity index (χ1v) is 26.2. The Balaban J connectivity index is 0.756. The first kappa shape index (κ1) is 44.2. The summed E-state index contributed by atoms with van der Waals surface area (Å²) in [6.45, 7) is 0. The lowest BCUT2D eigenvalue weighted by Gasteiger charge is -2.26. The number of aromatic nitrogens is 2. The van der Waals surface area contributed by atoms with E-state index < -0.39 is 0 Å². The van der Waals surface area contributed by atoms with E-state index in [1.54, 1.807) is 0 Å². The molecule has 0 atom stereocenters. The first-order chi connectivity index (χ1) is 38.2. The smallest absolute Gasteiger partial charge is 0.135 e. The number of benzene rings is 12. The third-order valence-corrected chi connectivity index (χ3v) is 15.3. The van der Waals surface area contributed by atoms with Gasteiger partial charge in [-0.1, -0.05) is 146 Å². The topological polar surface area (TPSA) is 29.5 Å². The number of nitrogens with zero attached hydrogens (tertiary/aromatic N) is 4. The summed E-state index contributed by atoms with van der Waals surface area (Å²) >= 11 is 0. The number of anilines is 6. The van der Waals surface area contributed by atoms with Gasteiger partial charge in [-0.25, -0.2) is 0 Å². The number of hydrogen-bond donors (Lipinski definition) is 0. The largest absolute Gasteiger partial charge is 0.456 e. The van der Waals surface area contributed by atoms with Crippen LogP contribution in [0.1, 0.15) is 0 Å². The molecule has 0 bridgehead atoms. The van der Waals surface area contributed by atoms with E-state index in [2.05, 4.69) is 310 Å². The van der Waals surface area contributed by atoms with E-state index in [4.69, 9.17) is 4.42 Å². The highest BCUT2D eigenvalue weighted by molar-refractivity contribution is 6.12. The Morgan fingerprint density at radius 1 is 0.221 bits per heavy atom. The summed E-state index contributed by atoms with van der Waals surface area (Å²) in [5, 5.41) is 7.06. The Hall–Kier alpha value is -10.4. The van der Waals surface area contributed by atoms with Gasteiger partial charge in [-0.15, -0.1) is 0 Å². The van der Waals surface area contributed by atoms with Gasteiger partial charge < -0.3 is 23.4 Å². The van der Waals surface area contributed by atoms with E-state index in [1.165, 1.54) is 43.6 Å². The van der Waals surface area contributed by atoms with Crippen molar-refractivity contribution in [2.24, 2.45) is 0 Å². The van der Waals surface area contributed by atoms with Crippen molar-refractivity contribution in [2.45, 2.75) is 0 Å². The molecule has 362 valence electrons. The average Bonchev–Trinajstić information content (AvgIpc) is 4.21. The molecule has 0 aliphatic carbocycles. The molecule has 3 aromatic heterocycles. The van der Waals surface area contributed by atoms with Gasteiger partial charge in [0.25, 0.3) is 0 Å². The summed E-state index contributed by atoms with van der Waals surface area (Å²) in [7, 11) is 0. The molecule has 15 rings (SSSR count). The predicted molar refractivity (Wildman–Crippen MR) is 323 cm³/mol. The van der Waals surface area contributed by atoms with Crippen LogP contribution in [0.2, 0.25) is 0 Å². The maximum Gasteiger partial charge on any atom is 0.135 e. The van der Waals surface area contributed by atoms with E-state index in [9.17, 15) is 0 Å². The standard InChI is InChI=1S/C72H48N4O/c1-5-17-53(18-6-1)73(59-39-41-69-63(47-59)61-25-13-15-27-67(61)75(69)55-21-9-3-10-22-55)57-35-29-49(30-36-57)51-33-43-71-65(45-51)66-46-52(34-44-72(66)77-71)50-31-37-58(38-32-50)74(54-19-7-2-8-20-54)60-40-42-70-64(48-60)62-26-14-16-28-68(62)76(70)56-23-11-4-12-24-56/h1-48H. The zero-order valence-corrected chi connectivity index (χ0v) is 41.9. The maximum absolute atomic E-state index is 6.48. The molecule has 0 N–H and O–H groups in total. The minimum Gasteiger partial charge on any atom is -0.456 e. The van der Waals surface area contributed by atoms with Crippen molar-refractivity contribution < 1.29 is 4.42 Å². The van der Waals surface area contributed by atoms with Gasteiger partial charge in [0.15, 0.2) is 0 Å². The molecule has 0 amide bonds. The normalized spacial score (nSPS) is 11.6. The summed E-state index contributed by atoms with van der Waals surface area (Å²) in [5.41, 5.74) is 19.8. The maximum atomic E-state index is 6.48. The van der Waals surface area contributed by atoms with Crippen molar-refractivity contribution in [3.63, 3.8) is 0 Å². The van der Waals surface area contributed by atoms with Crippen LogP contribution in [-0.2, 0) is 0 Å². The molecule has 0 unspecified atom stereocenters. The van der Waals surface area contributed by atoms with Crippen LogP contribution in [0, 0.1) is 0 Å². The average molecular weight is 985 g/mol. The second-order valence-corrected chi connectivity index (χ2v) is 19.7. The Bertz CT molecular complexity index is 4360. The van der Waals surface area contributed by atoms with Crippen molar-refractivity contribution in [1.29, 1.82) is 0 Å². The fraction of sp³-hybridized carbons (Fsp3) is 0. The molecule has 0 saturated heterocycles. The van der Waals surface area contributed by atoms with Crippen molar-refractivity contribution >= 4 is 99.7 Å². The molecule has 15 aromatic rings. The zero-order chi connectivity index (χ0) is 50.8. The van der Waals surface area contributed by atoms with Crippen molar-refractivity contribution in [2.75, 3.05) is 9.80 Å². The van der Waals surface area contributed by atoms with Crippen LogP contribution >= 0.6 is 0 Å². The third kappa shape index (κ3) is 7.55. The highest BCUT2D eigenvalue weighted by Crippen LogP contribution is 2.43. The molecule has 3 heterocycles. The summed E-state index contributed by atoms with van der Waals surface area (Å²) in [4.78, 5) is 4.70. The summed E-state index contributed by atoms with van der Waals surface area (Å²) < 4.78 is 11.2. The number of hydrogen-bond acceptors (Lipinski definition) is 3. The molecular formula is C72H48N4O. The number of fused-ring (bicyclic) bond motifs is 9. The molecule has 0 spiro atoms. The summed E-state index contributed by atoms with van der Waals surface area (Å²) in [6.07, 6.45) is 0. The van der Waals surface area contributed by atoms with Gasteiger partial charge >= 0.3 is 0 Å². The molecule has 5 nitrogen and oxygen atoms in total. The van der Waals surface area contributed by atoms with Gasteiger partial charge in [-0.2, -0.15) is 0 Å². The lowest BCUT2D eigenvalue weighted by Crippen LogP contribution is -2.09. The fourth-order valence-electron chi connectivity index (χ4n) is 11.7. The molecule has 12 aromatic carbocycles. The fourth-order valence-corrected chi connectivity index (χ4v) is 11.7. The molecule has 77 heavy (non-hydrogen) atoms. The number of para-hydroxylation sites is 6. The minimum atomic E-state index is 0.870. The molecule has 0 aliphatic rings. The second kappa shape index (κ2) is 18.2. The highest BCUT2D eigenvalue weighted by atomic mass is 16.3. The minimum absolute atomic E-state index is 0.870. The van der Waals surface area contributed by atoms with Crippen LogP contribution in [0.3, 0.4) is 0 Å². The first-order valence-electron chi connectivity index (χ1n) is 26.2. The quantitative estimate of drug-likeness (QED) is 0.137. The lowest BCUT2D eigenvalue weighted by molar-refractivity contribution is 0.669. The second-order valence-electron chi connectivity index (χ2n) is 19.7. The molecule has 0 saturated carbocycles. The van der Waals surface area contributed by atoms with Crippen LogP contribution in [-0.4, -0.2) is 9.13 Å². The van der Waals surface area contributed by atoms with Crippen molar-refractivity contribution in [3.8, 4) is 33.6 Å². The van der Waals surface area contributed by atoms with Gasteiger partial charge in [0.2, 0.25) is 0 Å². The van der Waals surface area contributed by atoms with Crippen LogP contribution in [0.5, 0.6) is 0 Å². The van der Waals surface area contributed by atoms with Gasteiger partial charge in [0, 0.05) is 77.8 Å². The third-order valence-electron chi connectivity index (χ3n) is 15.3. The lowest BCUT2D eigenvalue weighted by atomic mass is 9.99. The summed E-state index contributed by atoms with van der Waals surface area (Å²) in [5.74, 6) is 0. The molecule has 5 heteroatoms. The monoisotopic (exact) mass is 984 g/mol. The van der Waals surface area contributed by atoms with Crippen molar-refractivity contribution in [1.82, 2.24) is 9.13 Å². The predicted octanol–water partition coefficient (Wildman–Crippen LogP) is 20.1. The zero-order valence-electron chi connectivity index (χ0n) is 41.9. The molecule has 0 fully saturated rings. The Kier molecular flexibility index (Phi) is 10.5.